The molecule has 2 fully saturated rings. The fourth-order valence-electron chi connectivity index (χ4n) is 9.34. The van der Waals surface area contributed by atoms with Crippen LogP contribution in [0.3, 0.4) is 0 Å². The van der Waals surface area contributed by atoms with E-state index < -0.39 is 104 Å². The van der Waals surface area contributed by atoms with Gasteiger partial charge in [-0.1, -0.05) is 77.5 Å². The standard InChI is InChI=1S/C51H83N4O15P/c1-29(21-22-52)17-15-18-30(2)31(3)23-32(4)43(58)36(8)39(56)25-42(66-14)46-47(70-71(62,63)64)50(9,10)51(69-46)26-40(57)35(7)41(68-51)20-16-19-37-27-67-49(54-37)33(5)24-34(6)53-48(61)45(60)44(59)38(28-65-13)55(11)12/h15-19,21,23,27,32-36,38-47,56-60H,20,24-26,28H2,1-14H3,(H,53,61)(H2,62,63,64)/b17-15+,19-16+,29-21+,30-18+,31-23+/t32-,33+,34-,35+,36+,38+,39+,40-,41+,42+,43-,44+,45+,46-,47+,51-/m0/s1. The molecule has 19 nitrogen and oxygen atoms in total. The van der Waals surface area contributed by atoms with Crippen molar-refractivity contribution in [3.63, 3.8) is 0 Å². The minimum atomic E-state index is -5.16. The maximum absolute atomic E-state index is 12.8. The smallest absolute Gasteiger partial charge is 0.448 e. The third-order valence-electron chi connectivity index (χ3n) is 14.2. The molecule has 16 atom stereocenters. The highest BCUT2D eigenvalue weighted by molar-refractivity contribution is 7.46. The number of aromatic nitrogens is 1. The number of nitriles is 1. The third-order valence-corrected chi connectivity index (χ3v) is 14.7. The topological polar surface area (TPSA) is 287 Å². The Labute approximate surface area is 420 Å². The molecule has 402 valence electrons. The number of hydrogen-bond donors (Lipinski definition) is 8. The van der Waals surface area contributed by atoms with Crippen molar-refractivity contribution in [3.05, 3.63) is 71.0 Å². The Bertz CT molecular complexity index is 2110. The van der Waals surface area contributed by atoms with Crippen LogP contribution in [-0.2, 0) is 32.8 Å². The summed E-state index contributed by atoms with van der Waals surface area (Å²) in [5, 5.41) is 67.4. The molecule has 0 radical (unpaired) electrons. The molecule has 0 aliphatic carbocycles. The van der Waals surface area contributed by atoms with Crippen LogP contribution in [0.2, 0.25) is 0 Å². The average molecular weight is 1020 g/mol. The van der Waals surface area contributed by atoms with Crippen LogP contribution in [-0.4, -0.2) is 159 Å². The second kappa shape index (κ2) is 27.2. The van der Waals surface area contributed by atoms with Crippen molar-refractivity contribution in [2.75, 3.05) is 34.9 Å². The number of aliphatic hydroxyl groups excluding tert-OH is 5. The van der Waals surface area contributed by atoms with E-state index in [2.05, 4.69) is 10.3 Å². The Balaban J connectivity index is 1.76. The normalized spacial score (nSPS) is 27.8. The van der Waals surface area contributed by atoms with Gasteiger partial charge in [-0.2, -0.15) is 5.26 Å². The van der Waals surface area contributed by atoms with Gasteiger partial charge in [0.1, 0.15) is 30.3 Å². The van der Waals surface area contributed by atoms with Gasteiger partial charge in [0.05, 0.1) is 49.2 Å². The number of aliphatic hydroxyl groups is 5. The molecule has 2 aliphatic heterocycles. The maximum Gasteiger partial charge on any atom is 0.469 e. The van der Waals surface area contributed by atoms with E-state index in [0.29, 0.717) is 18.0 Å². The van der Waals surface area contributed by atoms with Gasteiger partial charge in [-0.3, -0.25) is 9.32 Å². The molecular weight excluding hydrogens is 940 g/mol. The highest BCUT2D eigenvalue weighted by Crippen LogP contribution is 2.59. The first-order chi connectivity index (χ1) is 33.0. The largest absolute Gasteiger partial charge is 0.469 e. The molecule has 0 bridgehead atoms. The van der Waals surface area contributed by atoms with Gasteiger partial charge >= 0.3 is 7.82 Å². The number of nitrogens with zero attached hydrogens (tertiary/aromatic N) is 3. The van der Waals surface area contributed by atoms with Gasteiger partial charge < -0.3 is 68.9 Å². The zero-order valence-electron chi connectivity index (χ0n) is 44.0. The van der Waals surface area contributed by atoms with Gasteiger partial charge in [0.25, 0.3) is 5.91 Å². The van der Waals surface area contributed by atoms with Crippen molar-refractivity contribution < 1.29 is 72.6 Å². The van der Waals surface area contributed by atoms with Crippen LogP contribution < -0.4 is 5.32 Å². The predicted octanol–water partition coefficient (Wildman–Crippen LogP) is 5.08. The van der Waals surface area contributed by atoms with Crippen molar-refractivity contribution in [3.8, 4) is 6.07 Å². The van der Waals surface area contributed by atoms with Crippen LogP contribution in [0.1, 0.15) is 112 Å². The lowest BCUT2D eigenvalue weighted by Crippen LogP contribution is -2.58. The lowest BCUT2D eigenvalue weighted by molar-refractivity contribution is -0.334. The number of amides is 1. The summed E-state index contributed by atoms with van der Waals surface area (Å²) in [5.41, 5.74) is 1.87. The molecule has 0 aromatic carbocycles. The number of ether oxygens (including phenoxy) is 4. The minimum absolute atomic E-state index is 0.0661. The average Bonchev–Trinajstić information content (AvgIpc) is 3.84. The molecule has 8 N–H and O–H groups in total. The highest BCUT2D eigenvalue weighted by atomic mass is 31.2. The fourth-order valence-corrected chi connectivity index (χ4v) is 10.0. The van der Waals surface area contributed by atoms with E-state index in [0.717, 1.165) is 16.7 Å². The van der Waals surface area contributed by atoms with E-state index in [9.17, 15) is 44.7 Å². The van der Waals surface area contributed by atoms with Gasteiger partial charge in [-0.15, -0.1) is 0 Å². The molecule has 0 saturated carbocycles. The highest BCUT2D eigenvalue weighted by Gasteiger charge is 2.68. The number of phosphoric acid groups is 1. The summed E-state index contributed by atoms with van der Waals surface area (Å²) in [6.07, 6.45) is 4.05. The summed E-state index contributed by atoms with van der Waals surface area (Å²) in [7, 11) is 1.13. The number of oxazole rings is 1. The number of carbonyl (C=O) groups is 1. The third kappa shape index (κ3) is 16.8. The number of hydrogen-bond acceptors (Lipinski definition) is 16. The number of nitrogens with one attached hydrogen (secondary N) is 1. The van der Waals surface area contributed by atoms with E-state index in [1.165, 1.54) is 26.6 Å². The predicted molar refractivity (Wildman–Crippen MR) is 267 cm³/mol. The molecule has 1 amide bonds. The number of phosphoric ester groups is 1. The van der Waals surface area contributed by atoms with Gasteiger partial charge in [0, 0.05) is 68.3 Å². The summed E-state index contributed by atoms with van der Waals surface area (Å²) < 4.78 is 48.3. The maximum atomic E-state index is 12.8. The Morgan fingerprint density at radius 1 is 1.06 bits per heavy atom. The number of likely N-dealkylation sites (N-methyl/N-ethyl adjacent to an activating group) is 1. The molecule has 71 heavy (non-hydrogen) atoms. The fraction of sp³-hybridized carbons (Fsp3) is 0.706. The van der Waals surface area contributed by atoms with Crippen LogP contribution in [0.4, 0.5) is 0 Å². The van der Waals surface area contributed by atoms with Crippen molar-refractivity contribution in [2.24, 2.45) is 23.2 Å². The van der Waals surface area contributed by atoms with E-state index in [1.54, 1.807) is 52.8 Å². The zero-order valence-corrected chi connectivity index (χ0v) is 44.9. The molecule has 0 unspecified atom stereocenters. The summed E-state index contributed by atoms with van der Waals surface area (Å²) in [5.74, 6) is -3.67. The van der Waals surface area contributed by atoms with E-state index in [-0.39, 0.29) is 37.7 Å². The molecule has 2 aliphatic rings. The van der Waals surface area contributed by atoms with Crippen LogP contribution in [0.25, 0.3) is 6.08 Å². The Morgan fingerprint density at radius 3 is 2.31 bits per heavy atom. The van der Waals surface area contributed by atoms with Gasteiger partial charge in [0.2, 0.25) is 0 Å². The summed E-state index contributed by atoms with van der Waals surface area (Å²) >= 11 is 0. The lowest BCUT2D eigenvalue weighted by atomic mass is 9.72. The second-order valence-corrected chi connectivity index (χ2v) is 21.6. The Hall–Kier alpha value is -3.42. The van der Waals surface area contributed by atoms with E-state index in [1.807, 2.05) is 78.0 Å². The molecule has 20 heteroatoms. The first-order valence-corrected chi connectivity index (χ1v) is 25.8. The summed E-state index contributed by atoms with van der Waals surface area (Å²) in [4.78, 5) is 39.5. The number of methoxy groups -OCH3 is 2. The lowest BCUT2D eigenvalue weighted by Gasteiger charge is -2.50. The van der Waals surface area contributed by atoms with Crippen molar-refractivity contribution >= 4 is 19.8 Å². The van der Waals surface area contributed by atoms with Crippen LogP contribution in [0.5, 0.6) is 0 Å². The van der Waals surface area contributed by atoms with Gasteiger partial charge in [-0.25, -0.2) is 9.55 Å². The van der Waals surface area contributed by atoms with Crippen LogP contribution in [0.15, 0.2) is 63.9 Å². The van der Waals surface area contributed by atoms with Gasteiger partial charge in [0.15, 0.2) is 17.8 Å². The minimum Gasteiger partial charge on any atom is -0.448 e. The quantitative estimate of drug-likeness (QED) is 0.0341. The Morgan fingerprint density at radius 2 is 1.72 bits per heavy atom. The molecule has 3 rings (SSSR count). The first kappa shape index (κ1) is 61.9. The monoisotopic (exact) mass is 1020 g/mol. The number of carbonyl (C=O) groups excluding carboxylic acids is 1. The first-order valence-electron chi connectivity index (χ1n) is 24.2. The SMILES string of the molecule is COC[C@H]([C@@H](O)[C@@H](O)C(=O)N[C@@H](C)C[C@@H](C)c1nc(/C=C/C[C@H]2O[C@@]3(C[C@H](O)[C@H]2C)O[C@@H]([C@@H](C[C@@H](O)[C@@H](C)[C@@H](O)[C@@H](C)/C=C(C)/C(C)=C/C=C/C(C)=C/C#N)OC)[C@@H](OP(=O)(O)O)C3(C)C)co1)N(C)C. The number of rotatable bonds is 26. The van der Waals surface area contributed by atoms with Crippen molar-refractivity contribution in [2.45, 2.75) is 174 Å². The second-order valence-electron chi connectivity index (χ2n) is 20.4. The summed E-state index contributed by atoms with van der Waals surface area (Å²) in [6.45, 7) is 18.2. The summed E-state index contributed by atoms with van der Waals surface area (Å²) in [6, 6.07) is 0.980. The zero-order chi connectivity index (χ0) is 53.8. The number of allylic oxidation sites excluding steroid dienone is 7. The van der Waals surface area contributed by atoms with E-state index >= 15 is 0 Å². The van der Waals surface area contributed by atoms with E-state index in [4.69, 9.17) is 33.2 Å². The Kier molecular flexibility index (Phi) is 23.7. The molecule has 1 aromatic heterocycles. The molecule has 3 heterocycles. The molecule has 1 spiro atoms. The molecule has 1 aromatic rings. The van der Waals surface area contributed by atoms with Gasteiger partial charge in [-0.05, 0) is 71.9 Å². The molecular formula is C51H83N4O15P. The van der Waals surface area contributed by atoms with Crippen molar-refractivity contribution in [1.29, 1.82) is 5.26 Å². The molecule has 2 saturated heterocycles. The van der Waals surface area contributed by atoms with Crippen molar-refractivity contribution in [1.82, 2.24) is 15.2 Å². The van der Waals surface area contributed by atoms with Crippen LogP contribution in [0, 0.1) is 34.5 Å². The van der Waals surface area contributed by atoms with Crippen LogP contribution >= 0.6 is 7.82 Å².